The molecule has 0 fully saturated rings. The van der Waals surface area contributed by atoms with Gasteiger partial charge < -0.3 is 20.7 Å². The van der Waals surface area contributed by atoms with E-state index >= 15 is 0 Å². The smallest absolute Gasteiger partial charge is 0.258 e. The fraction of sp³-hybridized carbons (Fsp3) is 0.278. The number of primary amides is 1. The lowest BCUT2D eigenvalue weighted by atomic mass is 9.85. The van der Waals surface area contributed by atoms with E-state index in [0.29, 0.717) is 29.9 Å². The minimum atomic E-state index is -1.89. The summed E-state index contributed by atoms with van der Waals surface area (Å²) in [6.45, 7) is 2.28. The molecule has 0 aliphatic carbocycles. The molecule has 0 aromatic heterocycles. The van der Waals surface area contributed by atoms with E-state index in [1.165, 1.54) is 0 Å². The number of hydrogen-bond donors (Lipinski definition) is 3. The van der Waals surface area contributed by atoms with Crippen LogP contribution in [0.5, 0.6) is 5.75 Å². The van der Waals surface area contributed by atoms with Crippen molar-refractivity contribution in [3.05, 3.63) is 65.2 Å². The molecule has 4 N–H and O–H groups in total. The van der Waals surface area contributed by atoms with Gasteiger partial charge >= 0.3 is 0 Å². The molecular weight excluding hydrogens is 294 g/mol. The zero-order chi connectivity index (χ0) is 16.9. The fourth-order valence-electron chi connectivity index (χ4n) is 2.41. The molecule has 0 spiro atoms. The molecule has 0 aliphatic rings. The Morgan fingerprint density at radius 3 is 2.43 bits per heavy atom. The molecule has 5 heteroatoms. The number of ether oxygens (including phenoxy) is 1. The van der Waals surface area contributed by atoms with E-state index in [1.54, 1.807) is 48.5 Å². The second-order valence-electron chi connectivity index (χ2n) is 5.35. The van der Waals surface area contributed by atoms with Crippen molar-refractivity contribution >= 4 is 5.91 Å². The number of nitrogens with two attached hydrogens (primary N) is 1. The van der Waals surface area contributed by atoms with E-state index in [1.807, 2.05) is 6.92 Å². The van der Waals surface area contributed by atoms with E-state index in [4.69, 9.17) is 15.6 Å². The van der Waals surface area contributed by atoms with Gasteiger partial charge in [-0.15, -0.1) is 0 Å². The van der Waals surface area contributed by atoms with Crippen LogP contribution in [0.4, 0.5) is 0 Å². The Morgan fingerprint density at radius 1 is 1.17 bits per heavy atom. The maximum Gasteiger partial charge on any atom is 0.258 e. The fourth-order valence-corrected chi connectivity index (χ4v) is 2.41. The Labute approximate surface area is 135 Å². The first-order valence-corrected chi connectivity index (χ1v) is 7.42. The number of aryl methyl sites for hydroxylation is 1. The van der Waals surface area contributed by atoms with Crippen LogP contribution in [0.15, 0.2) is 48.5 Å². The Balaban J connectivity index is 2.38. The zero-order valence-electron chi connectivity index (χ0n) is 13.0. The predicted octanol–water partition coefficient (Wildman–Crippen LogP) is 1.48. The largest absolute Gasteiger partial charge is 0.493 e. The normalized spacial score (nSPS) is 13.3. The average Bonchev–Trinajstić information content (AvgIpc) is 2.56. The second-order valence-corrected chi connectivity index (χ2v) is 5.35. The molecule has 122 valence electrons. The first-order chi connectivity index (χ1) is 11.0. The van der Waals surface area contributed by atoms with Crippen LogP contribution in [0.2, 0.25) is 0 Å². The third-order valence-corrected chi connectivity index (χ3v) is 3.70. The quantitative estimate of drug-likeness (QED) is 0.675. The van der Waals surface area contributed by atoms with Crippen molar-refractivity contribution < 1.29 is 19.7 Å². The lowest BCUT2D eigenvalue weighted by Gasteiger charge is -2.26. The van der Waals surface area contributed by atoms with E-state index in [2.05, 4.69) is 0 Å². The zero-order valence-corrected chi connectivity index (χ0v) is 13.0. The molecule has 2 aromatic carbocycles. The van der Waals surface area contributed by atoms with Crippen LogP contribution in [0.1, 0.15) is 23.1 Å². The first kappa shape index (κ1) is 17.0. The van der Waals surface area contributed by atoms with Gasteiger partial charge in [-0.3, -0.25) is 4.79 Å². The van der Waals surface area contributed by atoms with Gasteiger partial charge in [-0.2, -0.15) is 0 Å². The van der Waals surface area contributed by atoms with E-state index in [0.717, 1.165) is 5.56 Å². The van der Waals surface area contributed by atoms with E-state index in [9.17, 15) is 9.90 Å². The number of amides is 1. The first-order valence-electron chi connectivity index (χ1n) is 7.42. The summed E-state index contributed by atoms with van der Waals surface area (Å²) in [5.41, 5.74) is 5.16. The van der Waals surface area contributed by atoms with E-state index < -0.39 is 11.5 Å². The molecule has 2 aromatic rings. The predicted molar refractivity (Wildman–Crippen MR) is 87.0 cm³/mol. The highest BCUT2D eigenvalue weighted by molar-refractivity contribution is 5.88. The third kappa shape index (κ3) is 3.52. The number of carbonyl (C=O) groups is 1. The van der Waals surface area contributed by atoms with Gasteiger partial charge in [0.05, 0.1) is 6.61 Å². The summed E-state index contributed by atoms with van der Waals surface area (Å²) in [5, 5.41) is 19.7. The summed E-state index contributed by atoms with van der Waals surface area (Å²) in [7, 11) is 0. The molecular formula is C18H21NO4. The highest BCUT2D eigenvalue weighted by atomic mass is 16.5. The van der Waals surface area contributed by atoms with Crippen molar-refractivity contribution in [1.82, 2.24) is 0 Å². The lowest BCUT2D eigenvalue weighted by molar-refractivity contribution is -0.133. The molecule has 0 bridgehead atoms. The summed E-state index contributed by atoms with van der Waals surface area (Å²) in [6.07, 6.45) is 0.538. The SMILES string of the molecule is Cc1cc(C(O)(C(N)=O)c2ccccc2)ccc1OCCCO. The molecule has 1 unspecified atom stereocenters. The van der Waals surface area contributed by atoms with E-state index in [-0.39, 0.29) is 6.61 Å². The number of aliphatic hydroxyl groups excluding tert-OH is 1. The van der Waals surface area contributed by atoms with Gasteiger partial charge in [0.15, 0.2) is 5.60 Å². The summed E-state index contributed by atoms with van der Waals surface area (Å²) in [4.78, 5) is 11.9. The molecule has 0 radical (unpaired) electrons. The molecule has 5 nitrogen and oxygen atoms in total. The van der Waals surface area contributed by atoms with Crippen molar-refractivity contribution in [2.24, 2.45) is 5.73 Å². The number of rotatable bonds is 7. The van der Waals surface area contributed by atoms with Crippen molar-refractivity contribution in [2.75, 3.05) is 13.2 Å². The van der Waals surface area contributed by atoms with Crippen LogP contribution in [-0.2, 0) is 10.4 Å². The summed E-state index contributed by atoms with van der Waals surface area (Å²) in [5.74, 6) is -0.195. The standard InChI is InChI=1S/C18H21NO4/c1-13-12-15(8-9-16(13)23-11-5-10-20)18(22,17(19)21)14-6-3-2-4-7-14/h2-4,6-9,12,20,22H,5,10-11H2,1H3,(H2,19,21). The number of benzene rings is 2. The molecule has 0 heterocycles. The minimum absolute atomic E-state index is 0.0621. The summed E-state index contributed by atoms with van der Waals surface area (Å²) >= 11 is 0. The molecule has 2 rings (SSSR count). The maximum atomic E-state index is 11.9. The van der Waals surface area contributed by atoms with Crippen molar-refractivity contribution in [3.63, 3.8) is 0 Å². The molecule has 0 saturated carbocycles. The molecule has 1 amide bonds. The monoisotopic (exact) mass is 315 g/mol. The molecule has 0 aliphatic heterocycles. The Kier molecular flexibility index (Phi) is 5.36. The van der Waals surface area contributed by atoms with Crippen molar-refractivity contribution in [1.29, 1.82) is 0 Å². The Morgan fingerprint density at radius 2 is 1.87 bits per heavy atom. The maximum absolute atomic E-state index is 11.9. The van der Waals surface area contributed by atoms with Crippen LogP contribution in [-0.4, -0.2) is 29.3 Å². The Bertz CT molecular complexity index is 672. The summed E-state index contributed by atoms with van der Waals surface area (Å²) < 4.78 is 5.55. The average molecular weight is 315 g/mol. The van der Waals surface area contributed by atoms with Crippen LogP contribution in [0.25, 0.3) is 0 Å². The molecule has 23 heavy (non-hydrogen) atoms. The summed E-state index contributed by atoms with van der Waals surface area (Å²) in [6, 6.07) is 13.6. The van der Waals surface area contributed by atoms with Gasteiger partial charge in [-0.25, -0.2) is 0 Å². The number of aliphatic hydroxyl groups is 2. The lowest BCUT2D eigenvalue weighted by Crippen LogP contribution is -2.42. The van der Waals surface area contributed by atoms with Crippen LogP contribution in [0, 0.1) is 6.92 Å². The highest BCUT2D eigenvalue weighted by Crippen LogP contribution is 2.32. The Hall–Kier alpha value is -2.37. The van der Waals surface area contributed by atoms with Gasteiger partial charge in [0.1, 0.15) is 5.75 Å². The van der Waals surface area contributed by atoms with Gasteiger partial charge in [0.25, 0.3) is 5.91 Å². The topological polar surface area (TPSA) is 92.8 Å². The van der Waals surface area contributed by atoms with Crippen molar-refractivity contribution in [3.8, 4) is 5.75 Å². The van der Waals surface area contributed by atoms with Crippen LogP contribution in [0.3, 0.4) is 0 Å². The van der Waals surface area contributed by atoms with Crippen molar-refractivity contribution in [2.45, 2.75) is 18.9 Å². The van der Waals surface area contributed by atoms with Gasteiger partial charge in [0.2, 0.25) is 0 Å². The third-order valence-electron chi connectivity index (χ3n) is 3.70. The number of hydrogen-bond acceptors (Lipinski definition) is 4. The van der Waals surface area contributed by atoms with Gasteiger partial charge in [-0.05, 0) is 35.7 Å². The van der Waals surface area contributed by atoms with Crippen LogP contribution >= 0.6 is 0 Å². The minimum Gasteiger partial charge on any atom is -0.493 e. The van der Waals surface area contributed by atoms with Gasteiger partial charge in [-0.1, -0.05) is 36.4 Å². The number of carbonyl (C=O) groups excluding carboxylic acids is 1. The van der Waals surface area contributed by atoms with Crippen LogP contribution < -0.4 is 10.5 Å². The second kappa shape index (κ2) is 7.26. The molecule has 1 atom stereocenters. The highest BCUT2D eigenvalue weighted by Gasteiger charge is 2.38. The van der Waals surface area contributed by atoms with Gasteiger partial charge in [0, 0.05) is 13.0 Å². The molecule has 0 saturated heterocycles.